The van der Waals surface area contributed by atoms with Crippen LogP contribution in [-0.4, -0.2) is 40.4 Å². The first kappa shape index (κ1) is 18.1. The smallest absolute Gasteiger partial charge is 0.243 e. The number of benzene rings is 1. The first-order valence-corrected chi connectivity index (χ1v) is 10.9. The lowest BCUT2D eigenvalue weighted by molar-refractivity contribution is 0.312. The molecule has 0 amide bonds. The molecule has 1 aliphatic rings. The molecule has 0 bridgehead atoms. The minimum atomic E-state index is -3.44. The number of piperidine rings is 1. The number of rotatable bonds is 5. The molecular weight excluding hydrogens is 360 g/mol. The predicted molar refractivity (Wildman–Crippen MR) is 104 cm³/mol. The molecule has 6 nitrogen and oxygen atoms in total. The van der Waals surface area contributed by atoms with Gasteiger partial charge in [-0.1, -0.05) is 31.5 Å². The van der Waals surface area contributed by atoms with Gasteiger partial charge in [0.05, 0.1) is 4.90 Å². The maximum absolute atomic E-state index is 13.0. The van der Waals surface area contributed by atoms with E-state index in [4.69, 9.17) is 0 Å². The molecule has 0 atom stereocenters. The molecule has 3 heterocycles. The quantitative estimate of drug-likeness (QED) is 0.677. The summed E-state index contributed by atoms with van der Waals surface area (Å²) in [6.45, 7) is 3.13. The van der Waals surface area contributed by atoms with E-state index in [0.29, 0.717) is 18.0 Å². The van der Waals surface area contributed by atoms with Gasteiger partial charge in [-0.2, -0.15) is 4.31 Å². The molecule has 0 radical (unpaired) electrons. The highest BCUT2D eigenvalue weighted by Crippen LogP contribution is 2.30. The Morgan fingerprint density at radius 1 is 1.04 bits per heavy atom. The third-order valence-corrected chi connectivity index (χ3v) is 7.17. The van der Waals surface area contributed by atoms with Crippen molar-refractivity contribution in [2.24, 2.45) is 0 Å². The van der Waals surface area contributed by atoms with Crippen molar-refractivity contribution >= 4 is 15.7 Å². The fourth-order valence-electron chi connectivity index (χ4n) is 3.76. The van der Waals surface area contributed by atoms with Gasteiger partial charge in [-0.3, -0.25) is 4.40 Å². The summed E-state index contributed by atoms with van der Waals surface area (Å²) >= 11 is 0. The average molecular weight is 385 g/mol. The number of aromatic nitrogens is 3. The Balaban J connectivity index is 1.48. The van der Waals surface area contributed by atoms with E-state index in [1.165, 1.54) is 5.56 Å². The van der Waals surface area contributed by atoms with Crippen molar-refractivity contribution in [2.75, 3.05) is 13.1 Å². The molecule has 142 valence electrons. The van der Waals surface area contributed by atoms with Crippen LogP contribution in [0.1, 0.15) is 43.5 Å². The Kier molecular flexibility index (Phi) is 4.97. The predicted octanol–water partition coefficient (Wildman–Crippen LogP) is 3.25. The molecule has 0 N–H and O–H groups in total. The number of fused-ring (bicyclic) bond motifs is 1. The Morgan fingerprint density at radius 3 is 2.48 bits per heavy atom. The Morgan fingerprint density at radius 2 is 1.78 bits per heavy atom. The van der Waals surface area contributed by atoms with Crippen molar-refractivity contribution < 1.29 is 8.42 Å². The number of hydrogen-bond acceptors (Lipinski definition) is 4. The highest BCUT2D eigenvalue weighted by atomic mass is 32.2. The highest BCUT2D eigenvalue weighted by molar-refractivity contribution is 7.89. The van der Waals surface area contributed by atoms with Crippen molar-refractivity contribution in [3.63, 3.8) is 0 Å². The van der Waals surface area contributed by atoms with Gasteiger partial charge in [0.15, 0.2) is 5.65 Å². The summed E-state index contributed by atoms with van der Waals surface area (Å²) in [6.07, 6.45) is 5.49. The SMILES string of the molecule is CCCc1ccc(S(=O)(=O)N2CCC(c3nnc4ccccn34)CC2)cc1. The summed E-state index contributed by atoms with van der Waals surface area (Å²) in [5.74, 6) is 1.15. The first-order chi connectivity index (χ1) is 13.1. The molecule has 0 unspecified atom stereocenters. The van der Waals surface area contributed by atoms with Gasteiger partial charge in [0.1, 0.15) is 5.82 Å². The van der Waals surface area contributed by atoms with Gasteiger partial charge < -0.3 is 0 Å². The minimum absolute atomic E-state index is 0.223. The second-order valence-corrected chi connectivity index (χ2v) is 9.00. The van der Waals surface area contributed by atoms with Crippen LogP contribution in [-0.2, 0) is 16.4 Å². The fraction of sp³-hybridized carbons (Fsp3) is 0.400. The van der Waals surface area contributed by atoms with E-state index in [1.54, 1.807) is 16.4 Å². The number of hydrogen-bond donors (Lipinski definition) is 0. The molecule has 0 saturated carbocycles. The topological polar surface area (TPSA) is 67.6 Å². The Hall–Kier alpha value is -2.25. The second-order valence-electron chi connectivity index (χ2n) is 7.06. The van der Waals surface area contributed by atoms with Crippen LogP contribution in [0.4, 0.5) is 0 Å². The average Bonchev–Trinajstić information content (AvgIpc) is 3.13. The van der Waals surface area contributed by atoms with E-state index >= 15 is 0 Å². The van der Waals surface area contributed by atoms with Crippen molar-refractivity contribution in [3.8, 4) is 0 Å². The Bertz CT molecular complexity index is 1020. The highest BCUT2D eigenvalue weighted by Gasteiger charge is 2.31. The van der Waals surface area contributed by atoms with Crippen LogP contribution < -0.4 is 0 Å². The molecule has 4 rings (SSSR count). The van der Waals surface area contributed by atoms with Crippen LogP contribution >= 0.6 is 0 Å². The molecule has 27 heavy (non-hydrogen) atoms. The third-order valence-electron chi connectivity index (χ3n) is 5.26. The lowest BCUT2D eigenvalue weighted by Gasteiger charge is -2.30. The van der Waals surface area contributed by atoms with E-state index < -0.39 is 10.0 Å². The van der Waals surface area contributed by atoms with E-state index in [-0.39, 0.29) is 5.92 Å². The summed E-state index contributed by atoms with van der Waals surface area (Å²) in [7, 11) is -3.44. The van der Waals surface area contributed by atoms with Gasteiger partial charge in [-0.25, -0.2) is 8.42 Å². The van der Waals surface area contributed by atoms with E-state index in [2.05, 4.69) is 17.1 Å². The van der Waals surface area contributed by atoms with E-state index in [0.717, 1.165) is 37.2 Å². The molecule has 1 fully saturated rings. The summed E-state index contributed by atoms with van der Waals surface area (Å²) in [6, 6.07) is 13.1. The minimum Gasteiger partial charge on any atom is -0.286 e. The molecule has 0 spiro atoms. The molecule has 7 heteroatoms. The number of aryl methyl sites for hydroxylation is 1. The van der Waals surface area contributed by atoms with E-state index in [1.807, 2.05) is 40.9 Å². The van der Waals surface area contributed by atoms with Crippen molar-refractivity contribution in [1.82, 2.24) is 18.9 Å². The van der Waals surface area contributed by atoms with Crippen LogP contribution in [0.15, 0.2) is 53.6 Å². The number of nitrogens with zero attached hydrogens (tertiary/aromatic N) is 4. The molecule has 1 saturated heterocycles. The molecular formula is C20H24N4O2S. The lowest BCUT2D eigenvalue weighted by atomic mass is 9.97. The normalized spacial score (nSPS) is 16.8. The molecule has 2 aromatic heterocycles. The van der Waals surface area contributed by atoms with Gasteiger partial charge in [-0.15, -0.1) is 10.2 Å². The Labute approximate surface area is 159 Å². The van der Waals surface area contributed by atoms with Crippen molar-refractivity contribution in [3.05, 3.63) is 60.0 Å². The zero-order valence-corrected chi connectivity index (χ0v) is 16.3. The van der Waals surface area contributed by atoms with Crippen LogP contribution in [0, 0.1) is 0 Å². The standard InChI is InChI=1S/C20H24N4O2S/c1-2-5-16-7-9-18(10-8-16)27(25,26)23-14-11-17(12-15-23)20-22-21-19-6-3-4-13-24(19)20/h3-4,6-10,13,17H,2,5,11-12,14-15H2,1H3. The summed E-state index contributed by atoms with van der Waals surface area (Å²) in [4.78, 5) is 0.383. The summed E-state index contributed by atoms with van der Waals surface area (Å²) in [5.41, 5.74) is 2.00. The monoisotopic (exact) mass is 384 g/mol. The zero-order valence-electron chi connectivity index (χ0n) is 15.5. The maximum Gasteiger partial charge on any atom is 0.243 e. The maximum atomic E-state index is 13.0. The van der Waals surface area contributed by atoms with Crippen LogP contribution in [0.25, 0.3) is 5.65 Å². The van der Waals surface area contributed by atoms with E-state index in [9.17, 15) is 8.42 Å². The lowest BCUT2D eigenvalue weighted by Crippen LogP contribution is -2.38. The second kappa shape index (κ2) is 7.40. The summed E-state index contributed by atoms with van der Waals surface area (Å²) < 4.78 is 29.5. The molecule has 1 aliphatic heterocycles. The fourth-order valence-corrected chi connectivity index (χ4v) is 5.23. The molecule has 3 aromatic rings. The van der Waals surface area contributed by atoms with Crippen molar-refractivity contribution in [1.29, 1.82) is 0 Å². The number of sulfonamides is 1. The molecule has 1 aromatic carbocycles. The van der Waals surface area contributed by atoms with Gasteiger partial charge in [-0.05, 0) is 49.1 Å². The van der Waals surface area contributed by atoms with Crippen LogP contribution in [0.5, 0.6) is 0 Å². The number of pyridine rings is 1. The van der Waals surface area contributed by atoms with Gasteiger partial charge in [0, 0.05) is 25.2 Å². The third kappa shape index (κ3) is 3.49. The first-order valence-electron chi connectivity index (χ1n) is 9.48. The summed E-state index contributed by atoms with van der Waals surface area (Å²) in [5, 5.41) is 8.55. The van der Waals surface area contributed by atoms with Gasteiger partial charge in [0.25, 0.3) is 0 Å². The van der Waals surface area contributed by atoms with Crippen LogP contribution in [0.2, 0.25) is 0 Å². The zero-order chi connectivity index (χ0) is 18.9. The largest absolute Gasteiger partial charge is 0.286 e. The van der Waals surface area contributed by atoms with Crippen molar-refractivity contribution in [2.45, 2.75) is 43.4 Å². The van der Waals surface area contributed by atoms with Gasteiger partial charge >= 0.3 is 0 Å². The van der Waals surface area contributed by atoms with Gasteiger partial charge in [0.2, 0.25) is 10.0 Å². The molecule has 0 aliphatic carbocycles. The van der Waals surface area contributed by atoms with Crippen LogP contribution in [0.3, 0.4) is 0 Å².